The molecule has 0 saturated heterocycles. The van der Waals surface area contributed by atoms with Gasteiger partial charge in [0.15, 0.2) is 0 Å². The fourth-order valence-electron chi connectivity index (χ4n) is 2.99. The summed E-state index contributed by atoms with van der Waals surface area (Å²) in [6.45, 7) is 0.352. The Morgan fingerprint density at radius 1 is 1.25 bits per heavy atom. The minimum atomic E-state index is -3.23. The number of hydrogen-bond acceptors (Lipinski definition) is 4. The molecule has 4 nitrogen and oxygen atoms in total. The normalized spacial score (nSPS) is 16.4. The minimum Gasteiger partial charge on any atom is -0.241 e. The molecule has 24 heavy (non-hydrogen) atoms. The van der Waals surface area contributed by atoms with E-state index in [-0.39, 0.29) is 11.1 Å². The van der Waals surface area contributed by atoms with Gasteiger partial charge in [0.2, 0.25) is 10.0 Å². The topological polar surface area (TPSA) is 59.1 Å². The lowest BCUT2D eigenvalue weighted by Crippen LogP contribution is -2.36. The molecule has 1 saturated carbocycles. The van der Waals surface area contributed by atoms with Gasteiger partial charge in [-0.3, -0.25) is 0 Å². The number of nitrogens with zero attached hydrogens (tertiary/aromatic N) is 1. The Bertz CT molecular complexity index is 783. The molecule has 130 valence electrons. The van der Waals surface area contributed by atoms with Crippen LogP contribution in [0.3, 0.4) is 0 Å². The molecule has 0 bridgehead atoms. The van der Waals surface area contributed by atoms with Crippen LogP contribution < -0.4 is 4.72 Å². The van der Waals surface area contributed by atoms with Gasteiger partial charge in [-0.1, -0.05) is 31.4 Å². The zero-order valence-electron chi connectivity index (χ0n) is 13.4. The van der Waals surface area contributed by atoms with Gasteiger partial charge in [0, 0.05) is 23.9 Å². The van der Waals surface area contributed by atoms with E-state index in [1.54, 1.807) is 6.07 Å². The third kappa shape index (κ3) is 4.40. The van der Waals surface area contributed by atoms with Crippen molar-refractivity contribution in [3.8, 4) is 10.6 Å². The number of halogens is 1. The van der Waals surface area contributed by atoms with Gasteiger partial charge in [-0.25, -0.2) is 22.5 Å². The van der Waals surface area contributed by atoms with E-state index in [4.69, 9.17) is 0 Å². The first-order chi connectivity index (χ1) is 11.5. The molecule has 0 amide bonds. The number of rotatable bonds is 6. The van der Waals surface area contributed by atoms with Crippen molar-refractivity contribution < 1.29 is 12.8 Å². The van der Waals surface area contributed by atoms with Gasteiger partial charge in [-0.15, -0.1) is 11.3 Å². The second-order valence-electron chi connectivity index (χ2n) is 6.10. The maximum atomic E-state index is 13.3. The van der Waals surface area contributed by atoms with Crippen LogP contribution in [-0.2, 0) is 16.4 Å². The smallest absolute Gasteiger partial charge is 0.214 e. The second-order valence-corrected chi connectivity index (χ2v) is 9.01. The molecule has 1 aliphatic rings. The van der Waals surface area contributed by atoms with E-state index >= 15 is 0 Å². The van der Waals surface area contributed by atoms with E-state index in [0.717, 1.165) is 48.4 Å². The first-order valence-electron chi connectivity index (χ1n) is 8.23. The van der Waals surface area contributed by atoms with Gasteiger partial charge >= 0.3 is 0 Å². The molecule has 0 unspecified atom stereocenters. The van der Waals surface area contributed by atoms with Crippen molar-refractivity contribution in [2.45, 2.75) is 43.8 Å². The molecule has 1 heterocycles. The highest BCUT2D eigenvalue weighted by molar-refractivity contribution is 7.90. The molecule has 7 heteroatoms. The number of thiazole rings is 1. The van der Waals surface area contributed by atoms with Gasteiger partial charge in [-0.2, -0.15) is 0 Å². The van der Waals surface area contributed by atoms with E-state index in [0.29, 0.717) is 13.0 Å². The summed E-state index contributed by atoms with van der Waals surface area (Å²) in [5.74, 6) is -0.288. The van der Waals surface area contributed by atoms with Crippen LogP contribution in [-0.4, -0.2) is 25.2 Å². The predicted octanol–water partition coefficient (Wildman–Crippen LogP) is 3.74. The molecule has 0 atom stereocenters. The van der Waals surface area contributed by atoms with Crippen LogP contribution in [0.2, 0.25) is 0 Å². The lowest BCUT2D eigenvalue weighted by Gasteiger charge is -2.21. The largest absolute Gasteiger partial charge is 0.241 e. The molecular formula is C17H21FN2O2S2. The first kappa shape index (κ1) is 17.5. The number of benzene rings is 1. The van der Waals surface area contributed by atoms with Crippen molar-refractivity contribution in [1.82, 2.24) is 9.71 Å². The summed E-state index contributed by atoms with van der Waals surface area (Å²) in [6, 6.07) is 6.33. The summed E-state index contributed by atoms with van der Waals surface area (Å²) in [5, 5.41) is 2.40. The second kappa shape index (κ2) is 7.72. The van der Waals surface area contributed by atoms with Crippen LogP contribution in [0, 0.1) is 5.82 Å². The van der Waals surface area contributed by atoms with Crippen molar-refractivity contribution in [1.29, 1.82) is 0 Å². The maximum Gasteiger partial charge on any atom is 0.214 e. The van der Waals surface area contributed by atoms with Crippen molar-refractivity contribution in [2.75, 3.05) is 6.54 Å². The molecular weight excluding hydrogens is 347 g/mol. The fraction of sp³-hybridized carbons (Fsp3) is 0.471. The lowest BCUT2D eigenvalue weighted by molar-refractivity contribution is 0.477. The Morgan fingerprint density at radius 3 is 2.79 bits per heavy atom. The van der Waals surface area contributed by atoms with E-state index in [1.807, 2.05) is 11.4 Å². The monoisotopic (exact) mass is 368 g/mol. The summed E-state index contributed by atoms with van der Waals surface area (Å²) in [4.78, 5) is 4.47. The Morgan fingerprint density at radius 2 is 2.04 bits per heavy atom. The Hall–Kier alpha value is -1.31. The highest BCUT2D eigenvalue weighted by Gasteiger charge is 2.26. The minimum absolute atomic E-state index is 0.246. The van der Waals surface area contributed by atoms with Gasteiger partial charge in [0.1, 0.15) is 10.8 Å². The average molecular weight is 368 g/mol. The molecule has 1 aromatic heterocycles. The summed E-state index contributed by atoms with van der Waals surface area (Å²) in [5.41, 5.74) is 1.57. The molecule has 2 aromatic rings. The highest BCUT2D eigenvalue weighted by Crippen LogP contribution is 2.25. The SMILES string of the molecule is O=S(=O)(NCCc1csc(-c2cccc(F)c2)n1)C1CCCCC1. The highest BCUT2D eigenvalue weighted by atomic mass is 32.2. The summed E-state index contributed by atoms with van der Waals surface area (Å²) in [7, 11) is -3.23. The van der Waals surface area contributed by atoms with Crippen LogP contribution in [0.1, 0.15) is 37.8 Å². The van der Waals surface area contributed by atoms with Gasteiger partial charge < -0.3 is 0 Å². The number of sulfonamides is 1. The van der Waals surface area contributed by atoms with Crippen LogP contribution in [0.4, 0.5) is 4.39 Å². The molecule has 1 N–H and O–H groups in total. The van der Waals surface area contributed by atoms with Crippen LogP contribution in [0.25, 0.3) is 10.6 Å². The average Bonchev–Trinajstić information content (AvgIpc) is 3.04. The molecule has 0 aliphatic heterocycles. The van der Waals surface area contributed by atoms with Crippen molar-refractivity contribution >= 4 is 21.4 Å². The number of hydrogen-bond donors (Lipinski definition) is 1. The third-order valence-corrected chi connectivity index (χ3v) is 7.19. The quantitative estimate of drug-likeness (QED) is 0.845. The van der Waals surface area contributed by atoms with E-state index in [9.17, 15) is 12.8 Å². The zero-order valence-corrected chi connectivity index (χ0v) is 15.0. The Labute approximate surface area is 146 Å². The molecule has 0 spiro atoms. The number of nitrogens with one attached hydrogen (secondary N) is 1. The predicted molar refractivity (Wildman–Crippen MR) is 95.0 cm³/mol. The van der Waals surface area contributed by atoms with Gasteiger partial charge in [0.05, 0.1) is 10.9 Å². The molecule has 0 radical (unpaired) electrons. The van der Waals surface area contributed by atoms with Gasteiger partial charge in [0.25, 0.3) is 0 Å². The van der Waals surface area contributed by atoms with E-state index in [1.165, 1.54) is 23.5 Å². The van der Waals surface area contributed by atoms with Crippen LogP contribution >= 0.6 is 11.3 Å². The van der Waals surface area contributed by atoms with Crippen LogP contribution in [0.15, 0.2) is 29.6 Å². The van der Waals surface area contributed by atoms with Crippen LogP contribution in [0.5, 0.6) is 0 Å². The molecule has 3 rings (SSSR count). The third-order valence-electron chi connectivity index (χ3n) is 4.30. The molecule has 1 aromatic carbocycles. The maximum absolute atomic E-state index is 13.3. The zero-order chi connectivity index (χ0) is 17.0. The van der Waals surface area contributed by atoms with E-state index in [2.05, 4.69) is 9.71 Å². The fourth-order valence-corrected chi connectivity index (χ4v) is 5.42. The van der Waals surface area contributed by atoms with Crippen molar-refractivity contribution in [3.05, 3.63) is 41.2 Å². The van der Waals surface area contributed by atoms with E-state index < -0.39 is 10.0 Å². The summed E-state index contributed by atoms with van der Waals surface area (Å²) >= 11 is 1.44. The first-order valence-corrected chi connectivity index (χ1v) is 10.7. The van der Waals surface area contributed by atoms with Crippen molar-refractivity contribution in [2.24, 2.45) is 0 Å². The lowest BCUT2D eigenvalue weighted by atomic mass is 10.0. The summed E-state index contributed by atoms with van der Waals surface area (Å²) in [6.07, 6.45) is 5.18. The standard InChI is InChI=1S/C17H21FN2O2S2/c18-14-6-4-5-13(11-14)17-20-15(12-23-17)9-10-19-24(21,22)16-7-2-1-3-8-16/h4-6,11-12,16,19H,1-3,7-10H2. The molecule has 1 aliphatic carbocycles. The van der Waals surface area contributed by atoms with Gasteiger partial charge in [-0.05, 0) is 25.0 Å². The Kier molecular flexibility index (Phi) is 5.63. The Balaban J connectivity index is 1.56. The molecule has 1 fully saturated rings. The summed E-state index contributed by atoms with van der Waals surface area (Å²) < 4.78 is 40.5. The number of aromatic nitrogens is 1. The van der Waals surface area contributed by atoms with Crippen molar-refractivity contribution in [3.63, 3.8) is 0 Å².